The fourth-order valence-corrected chi connectivity index (χ4v) is 2.09. The zero-order valence-electron chi connectivity index (χ0n) is 11.6. The van der Waals surface area contributed by atoms with Crippen LogP contribution in [0, 0.1) is 5.92 Å². The maximum absolute atomic E-state index is 12.0. The molecule has 2 amide bonds. The summed E-state index contributed by atoms with van der Waals surface area (Å²) in [5.41, 5.74) is 0. The van der Waals surface area contributed by atoms with Gasteiger partial charge in [0.25, 0.3) is 0 Å². The van der Waals surface area contributed by atoms with Gasteiger partial charge >= 0.3 is 18.0 Å². The van der Waals surface area contributed by atoms with E-state index < -0.39 is 29.9 Å². The molecular formula is C12H20N2O6. The predicted molar refractivity (Wildman–Crippen MR) is 68.1 cm³/mol. The van der Waals surface area contributed by atoms with Crippen LogP contribution in [0.4, 0.5) is 4.79 Å². The second kappa shape index (κ2) is 7.68. The molecule has 0 aliphatic carbocycles. The number of urea groups is 1. The molecule has 2 unspecified atom stereocenters. The minimum atomic E-state index is -0.978. The number of ether oxygens (including phenoxy) is 2. The minimum Gasteiger partial charge on any atom is -0.481 e. The van der Waals surface area contributed by atoms with Crippen molar-refractivity contribution in [3.63, 3.8) is 0 Å². The highest BCUT2D eigenvalue weighted by Crippen LogP contribution is 2.20. The van der Waals surface area contributed by atoms with Gasteiger partial charge in [-0.1, -0.05) is 0 Å². The van der Waals surface area contributed by atoms with Gasteiger partial charge in [-0.2, -0.15) is 0 Å². The number of methoxy groups -OCH3 is 1. The third kappa shape index (κ3) is 4.09. The van der Waals surface area contributed by atoms with Gasteiger partial charge < -0.3 is 24.8 Å². The van der Waals surface area contributed by atoms with Crippen molar-refractivity contribution < 1.29 is 29.0 Å². The molecule has 1 heterocycles. The maximum atomic E-state index is 12.0. The molecule has 0 aromatic carbocycles. The predicted octanol–water partition coefficient (Wildman–Crippen LogP) is -0.319. The third-order valence-corrected chi connectivity index (χ3v) is 3.20. The molecule has 0 aromatic rings. The number of rotatable bonds is 6. The first-order valence-electron chi connectivity index (χ1n) is 6.43. The summed E-state index contributed by atoms with van der Waals surface area (Å²) in [5.74, 6) is -2.12. The average Bonchev–Trinajstić information content (AvgIpc) is 2.88. The number of nitrogens with zero attached hydrogens (tertiary/aromatic N) is 1. The van der Waals surface area contributed by atoms with Gasteiger partial charge in [0.1, 0.15) is 5.92 Å². The Labute approximate surface area is 117 Å². The van der Waals surface area contributed by atoms with Crippen molar-refractivity contribution in [2.75, 3.05) is 33.4 Å². The molecule has 8 heteroatoms. The van der Waals surface area contributed by atoms with Crippen LogP contribution in [-0.4, -0.2) is 67.4 Å². The fraction of sp³-hybridized carbons (Fsp3) is 0.750. The number of nitrogens with one attached hydrogen (secondary N) is 1. The number of hydrogen-bond donors (Lipinski definition) is 2. The molecule has 8 nitrogen and oxygen atoms in total. The van der Waals surface area contributed by atoms with Crippen molar-refractivity contribution in [1.29, 1.82) is 0 Å². The van der Waals surface area contributed by atoms with E-state index in [0.29, 0.717) is 6.54 Å². The summed E-state index contributed by atoms with van der Waals surface area (Å²) in [7, 11) is 1.27. The summed E-state index contributed by atoms with van der Waals surface area (Å²) in [4.78, 5) is 35.5. The lowest BCUT2D eigenvalue weighted by molar-refractivity contribution is -0.143. The molecular weight excluding hydrogens is 268 g/mol. The first-order valence-corrected chi connectivity index (χ1v) is 6.43. The van der Waals surface area contributed by atoms with Crippen molar-refractivity contribution in [2.45, 2.75) is 19.4 Å². The van der Waals surface area contributed by atoms with Crippen LogP contribution in [0.5, 0.6) is 0 Å². The molecule has 114 valence electrons. The number of likely N-dealkylation sites (N-methyl/N-ethyl adjacent to an activating group) is 1. The van der Waals surface area contributed by atoms with Gasteiger partial charge in [-0.25, -0.2) is 4.79 Å². The van der Waals surface area contributed by atoms with E-state index in [0.717, 1.165) is 0 Å². The monoisotopic (exact) mass is 288 g/mol. The van der Waals surface area contributed by atoms with Crippen molar-refractivity contribution in [1.82, 2.24) is 10.2 Å². The van der Waals surface area contributed by atoms with Crippen molar-refractivity contribution in [3.8, 4) is 0 Å². The number of carboxylic acids is 1. The van der Waals surface area contributed by atoms with E-state index in [-0.39, 0.29) is 26.2 Å². The Morgan fingerprint density at radius 1 is 1.40 bits per heavy atom. The number of aliphatic carboxylic acids is 1. The molecule has 1 fully saturated rings. The van der Waals surface area contributed by atoms with E-state index in [9.17, 15) is 14.4 Å². The van der Waals surface area contributed by atoms with Crippen molar-refractivity contribution in [2.24, 2.45) is 5.92 Å². The maximum Gasteiger partial charge on any atom is 0.317 e. The normalized spacial score (nSPS) is 21.3. The number of carbonyl (C=O) groups is 3. The van der Waals surface area contributed by atoms with Crippen LogP contribution in [0.15, 0.2) is 0 Å². The molecule has 0 radical (unpaired) electrons. The Balaban J connectivity index is 2.54. The van der Waals surface area contributed by atoms with E-state index >= 15 is 0 Å². The Morgan fingerprint density at radius 3 is 2.65 bits per heavy atom. The lowest BCUT2D eigenvalue weighted by Gasteiger charge is -2.29. The van der Waals surface area contributed by atoms with Gasteiger partial charge in [-0.15, -0.1) is 0 Å². The van der Waals surface area contributed by atoms with E-state index in [2.05, 4.69) is 10.1 Å². The van der Waals surface area contributed by atoms with Crippen LogP contribution in [0.25, 0.3) is 0 Å². The first-order chi connectivity index (χ1) is 9.51. The molecule has 1 aliphatic heterocycles. The second-order valence-electron chi connectivity index (χ2n) is 4.39. The summed E-state index contributed by atoms with van der Waals surface area (Å²) < 4.78 is 9.61. The number of esters is 1. The fourth-order valence-electron chi connectivity index (χ4n) is 2.09. The van der Waals surface area contributed by atoms with Crippen LogP contribution in [0.3, 0.4) is 0 Å². The van der Waals surface area contributed by atoms with Gasteiger partial charge in [-0.3, -0.25) is 9.59 Å². The minimum absolute atomic E-state index is 0.0727. The van der Waals surface area contributed by atoms with E-state index in [1.165, 1.54) is 12.0 Å². The molecule has 1 saturated heterocycles. The van der Waals surface area contributed by atoms with Crippen LogP contribution < -0.4 is 5.32 Å². The van der Waals surface area contributed by atoms with Crippen LogP contribution in [-0.2, 0) is 19.1 Å². The molecule has 0 bridgehead atoms. The standard InChI is InChI=1S/C12H20N2O6/c1-3-14(9-7-20-6-8(9)11(16)17)12(18)13-5-4-10(15)19-2/h8-9H,3-7H2,1-2H3,(H,13,18)(H,16,17). The number of hydrogen-bond acceptors (Lipinski definition) is 5. The molecule has 2 N–H and O–H groups in total. The molecule has 20 heavy (non-hydrogen) atoms. The third-order valence-electron chi connectivity index (χ3n) is 3.20. The van der Waals surface area contributed by atoms with Gasteiger partial charge in [0.05, 0.1) is 32.8 Å². The highest BCUT2D eigenvalue weighted by Gasteiger charge is 2.39. The summed E-state index contributed by atoms with van der Waals surface area (Å²) in [6, 6.07) is -0.895. The van der Waals surface area contributed by atoms with Gasteiger partial charge in [0.15, 0.2) is 0 Å². The zero-order valence-corrected chi connectivity index (χ0v) is 11.6. The molecule has 1 aliphatic rings. The molecule has 0 saturated carbocycles. The van der Waals surface area contributed by atoms with Crippen LogP contribution >= 0.6 is 0 Å². The van der Waals surface area contributed by atoms with Crippen LogP contribution in [0.1, 0.15) is 13.3 Å². The quantitative estimate of drug-likeness (QED) is 0.649. The Bertz CT molecular complexity index is 373. The SMILES string of the molecule is CCN(C(=O)NCCC(=O)OC)C1COCC1C(=O)O. The second-order valence-corrected chi connectivity index (χ2v) is 4.39. The summed E-state index contributed by atoms with van der Waals surface area (Å²) in [6.45, 7) is 2.58. The Hall–Kier alpha value is -1.83. The largest absolute Gasteiger partial charge is 0.481 e. The van der Waals surface area contributed by atoms with Gasteiger partial charge in [0, 0.05) is 13.1 Å². The number of carbonyl (C=O) groups excluding carboxylic acids is 2. The van der Waals surface area contributed by atoms with Gasteiger partial charge in [-0.05, 0) is 6.92 Å². The van der Waals surface area contributed by atoms with Gasteiger partial charge in [0.2, 0.25) is 0 Å². The van der Waals surface area contributed by atoms with E-state index in [4.69, 9.17) is 9.84 Å². The average molecular weight is 288 g/mol. The Kier molecular flexibility index (Phi) is 6.23. The van der Waals surface area contributed by atoms with E-state index in [1.54, 1.807) is 6.92 Å². The summed E-state index contributed by atoms with van der Waals surface area (Å²) >= 11 is 0. The van der Waals surface area contributed by atoms with E-state index in [1.807, 2.05) is 0 Å². The van der Waals surface area contributed by atoms with Crippen molar-refractivity contribution in [3.05, 3.63) is 0 Å². The highest BCUT2D eigenvalue weighted by molar-refractivity contribution is 5.78. The zero-order chi connectivity index (χ0) is 15.1. The summed E-state index contributed by atoms with van der Waals surface area (Å²) in [5, 5.41) is 11.7. The summed E-state index contributed by atoms with van der Waals surface area (Å²) in [6.07, 6.45) is 0.0727. The lowest BCUT2D eigenvalue weighted by Crippen LogP contribution is -2.50. The number of carboxylic acid groups (broad SMARTS) is 1. The first kappa shape index (κ1) is 16.2. The number of amides is 2. The molecule has 1 rings (SSSR count). The smallest absolute Gasteiger partial charge is 0.317 e. The molecule has 2 atom stereocenters. The topological polar surface area (TPSA) is 105 Å². The van der Waals surface area contributed by atoms with Crippen LogP contribution in [0.2, 0.25) is 0 Å². The molecule has 0 aromatic heterocycles. The highest BCUT2D eigenvalue weighted by atomic mass is 16.5. The lowest BCUT2D eigenvalue weighted by atomic mass is 10.0. The Morgan fingerprint density at radius 2 is 2.10 bits per heavy atom. The molecule has 0 spiro atoms. The van der Waals surface area contributed by atoms with Crippen molar-refractivity contribution >= 4 is 18.0 Å².